The molecule has 1 aromatic heterocycles. The van der Waals surface area contributed by atoms with Crippen LogP contribution in [0.15, 0.2) is 60.8 Å². The summed E-state index contributed by atoms with van der Waals surface area (Å²) in [6, 6.07) is 16.3. The van der Waals surface area contributed by atoms with Crippen molar-refractivity contribution < 1.29 is 9.90 Å². The van der Waals surface area contributed by atoms with Gasteiger partial charge < -0.3 is 5.11 Å². The lowest BCUT2D eigenvalue weighted by atomic mass is 10.2. The van der Waals surface area contributed by atoms with Crippen LogP contribution in [0.5, 0.6) is 0 Å². The number of rotatable bonds is 3. The lowest BCUT2D eigenvalue weighted by molar-refractivity contribution is 0.0697. The minimum atomic E-state index is -0.963. The summed E-state index contributed by atoms with van der Waals surface area (Å²) in [4.78, 5) is 11.0. The Hall–Kier alpha value is -2.95. The summed E-state index contributed by atoms with van der Waals surface area (Å²) in [6.45, 7) is 0. The molecule has 0 aliphatic carbocycles. The molecular formula is C15H11N3O2. The van der Waals surface area contributed by atoms with Crippen LogP contribution in [-0.2, 0) is 0 Å². The molecule has 1 heterocycles. The number of benzene rings is 2. The molecular weight excluding hydrogens is 254 g/mol. The van der Waals surface area contributed by atoms with Crippen molar-refractivity contribution >= 4 is 5.97 Å². The van der Waals surface area contributed by atoms with Crippen LogP contribution in [0.3, 0.4) is 0 Å². The summed E-state index contributed by atoms with van der Waals surface area (Å²) in [5, 5.41) is 17.1. The van der Waals surface area contributed by atoms with Gasteiger partial charge >= 0.3 is 5.97 Å². The second kappa shape index (κ2) is 4.97. The van der Waals surface area contributed by atoms with Gasteiger partial charge in [-0.05, 0) is 18.2 Å². The lowest BCUT2D eigenvalue weighted by Gasteiger charge is -2.01. The van der Waals surface area contributed by atoms with Crippen molar-refractivity contribution in [2.75, 3.05) is 0 Å². The zero-order valence-electron chi connectivity index (χ0n) is 10.5. The molecule has 0 radical (unpaired) electrons. The number of carboxylic acids is 1. The highest BCUT2D eigenvalue weighted by atomic mass is 16.4. The number of aromatic nitrogens is 3. The van der Waals surface area contributed by atoms with Gasteiger partial charge in [0, 0.05) is 5.56 Å². The van der Waals surface area contributed by atoms with Crippen LogP contribution >= 0.6 is 0 Å². The Bertz CT molecular complexity index is 751. The van der Waals surface area contributed by atoms with E-state index in [1.54, 1.807) is 35.1 Å². The molecule has 0 unspecified atom stereocenters. The van der Waals surface area contributed by atoms with Crippen LogP contribution in [0, 0.1) is 0 Å². The van der Waals surface area contributed by atoms with Crippen LogP contribution in [0.25, 0.3) is 16.9 Å². The van der Waals surface area contributed by atoms with E-state index in [4.69, 9.17) is 5.11 Å². The average molecular weight is 265 g/mol. The van der Waals surface area contributed by atoms with E-state index < -0.39 is 5.97 Å². The summed E-state index contributed by atoms with van der Waals surface area (Å²) in [6.07, 6.45) is 1.77. The van der Waals surface area contributed by atoms with Crippen molar-refractivity contribution in [1.29, 1.82) is 0 Å². The van der Waals surface area contributed by atoms with E-state index in [1.807, 2.05) is 30.3 Å². The van der Waals surface area contributed by atoms with E-state index in [1.165, 1.54) is 0 Å². The van der Waals surface area contributed by atoms with Crippen LogP contribution in [0.2, 0.25) is 0 Å². The van der Waals surface area contributed by atoms with Crippen LogP contribution in [0.1, 0.15) is 10.4 Å². The van der Waals surface area contributed by atoms with Crippen LogP contribution in [-0.4, -0.2) is 26.1 Å². The zero-order chi connectivity index (χ0) is 13.9. The molecule has 0 saturated carbocycles. The second-order valence-corrected chi connectivity index (χ2v) is 4.27. The molecule has 5 heteroatoms. The molecule has 0 bridgehead atoms. The van der Waals surface area contributed by atoms with Gasteiger partial charge in [-0.25, -0.2) is 9.48 Å². The van der Waals surface area contributed by atoms with Gasteiger partial charge in [-0.3, -0.25) is 0 Å². The maximum Gasteiger partial charge on any atom is 0.335 e. The second-order valence-electron chi connectivity index (χ2n) is 4.27. The molecule has 1 N–H and O–H groups in total. The Morgan fingerprint density at radius 1 is 1.05 bits per heavy atom. The van der Waals surface area contributed by atoms with Gasteiger partial charge in [0.25, 0.3) is 0 Å². The third-order valence-electron chi connectivity index (χ3n) is 2.92. The number of aromatic carboxylic acids is 1. The fourth-order valence-electron chi connectivity index (χ4n) is 1.91. The summed E-state index contributed by atoms with van der Waals surface area (Å²) >= 11 is 0. The highest BCUT2D eigenvalue weighted by molar-refractivity contribution is 5.88. The normalized spacial score (nSPS) is 10.4. The fourth-order valence-corrected chi connectivity index (χ4v) is 1.91. The number of hydrogen-bond donors (Lipinski definition) is 1. The van der Waals surface area contributed by atoms with Gasteiger partial charge in [0.15, 0.2) is 0 Å². The first-order chi connectivity index (χ1) is 9.74. The quantitative estimate of drug-likeness (QED) is 0.790. The number of nitrogens with zero attached hydrogens (tertiary/aromatic N) is 3. The molecule has 0 amide bonds. The van der Waals surface area contributed by atoms with Crippen LogP contribution in [0.4, 0.5) is 0 Å². The maximum atomic E-state index is 11.0. The maximum absolute atomic E-state index is 11.0. The molecule has 0 atom stereocenters. The Kier molecular flexibility index (Phi) is 3.01. The third-order valence-corrected chi connectivity index (χ3v) is 2.92. The largest absolute Gasteiger partial charge is 0.478 e. The van der Waals surface area contributed by atoms with Crippen molar-refractivity contribution in [3.63, 3.8) is 0 Å². The number of carboxylic acid groups (broad SMARTS) is 1. The summed E-state index contributed by atoms with van der Waals surface area (Å²) in [7, 11) is 0. The smallest absolute Gasteiger partial charge is 0.335 e. The molecule has 2 aromatic carbocycles. The van der Waals surface area contributed by atoms with Crippen LogP contribution < -0.4 is 0 Å². The van der Waals surface area contributed by atoms with Gasteiger partial charge in [0.1, 0.15) is 5.69 Å². The fraction of sp³-hybridized carbons (Fsp3) is 0. The van der Waals surface area contributed by atoms with E-state index in [9.17, 15) is 4.79 Å². The molecule has 0 aliphatic heterocycles. The minimum absolute atomic E-state index is 0.222. The predicted octanol–water partition coefficient (Wildman–Crippen LogP) is 2.63. The molecule has 0 fully saturated rings. The molecule has 0 aliphatic rings. The number of carbonyl (C=O) groups is 1. The lowest BCUT2D eigenvalue weighted by Crippen LogP contribution is -2.00. The van der Waals surface area contributed by atoms with E-state index in [0.717, 1.165) is 11.3 Å². The molecule has 0 spiro atoms. The molecule has 20 heavy (non-hydrogen) atoms. The van der Waals surface area contributed by atoms with Crippen molar-refractivity contribution in [2.24, 2.45) is 0 Å². The van der Waals surface area contributed by atoms with Crippen molar-refractivity contribution in [3.05, 3.63) is 66.4 Å². The summed E-state index contributed by atoms with van der Waals surface area (Å²) < 4.78 is 1.56. The van der Waals surface area contributed by atoms with E-state index in [-0.39, 0.29) is 5.56 Å². The molecule has 5 nitrogen and oxygen atoms in total. The van der Waals surface area contributed by atoms with Gasteiger partial charge in [0.2, 0.25) is 0 Å². The monoisotopic (exact) mass is 265 g/mol. The highest BCUT2D eigenvalue weighted by Gasteiger charge is 2.07. The first-order valence-electron chi connectivity index (χ1n) is 6.05. The SMILES string of the molecule is O=C(O)c1cccc(-n2cc(-c3ccccc3)nn2)c1. The minimum Gasteiger partial charge on any atom is -0.478 e. The highest BCUT2D eigenvalue weighted by Crippen LogP contribution is 2.17. The summed E-state index contributed by atoms with van der Waals surface area (Å²) in [5.41, 5.74) is 2.60. The molecule has 98 valence electrons. The standard InChI is InChI=1S/C15H11N3O2/c19-15(20)12-7-4-8-13(9-12)18-10-14(16-17-18)11-5-2-1-3-6-11/h1-10H,(H,19,20). The van der Waals surface area contributed by atoms with Crippen molar-refractivity contribution in [1.82, 2.24) is 15.0 Å². The van der Waals surface area contributed by atoms with Gasteiger partial charge in [-0.15, -0.1) is 5.10 Å². The molecule has 3 rings (SSSR count). The topological polar surface area (TPSA) is 68.0 Å². The Morgan fingerprint density at radius 3 is 2.60 bits per heavy atom. The van der Waals surface area contributed by atoms with Crippen molar-refractivity contribution in [3.8, 4) is 16.9 Å². The van der Waals surface area contributed by atoms with Gasteiger partial charge in [0.05, 0.1) is 17.4 Å². The Balaban J connectivity index is 1.98. The van der Waals surface area contributed by atoms with Gasteiger partial charge in [-0.1, -0.05) is 41.6 Å². The molecule has 0 saturated heterocycles. The van der Waals surface area contributed by atoms with E-state index in [0.29, 0.717) is 5.69 Å². The van der Waals surface area contributed by atoms with E-state index >= 15 is 0 Å². The number of hydrogen-bond acceptors (Lipinski definition) is 3. The van der Waals surface area contributed by atoms with Gasteiger partial charge in [-0.2, -0.15) is 0 Å². The van der Waals surface area contributed by atoms with Crippen molar-refractivity contribution in [2.45, 2.75) is 0 Å². The van der Waals surface area contributed by atoms with E-state index in [2.05, 4.69) is 10.3 Å². The predicted molar refractivity (Wildman–Crippen MR) is 73.8 cm³/mol. The molecule has 3 aromatic rings. The summed E-state index contributed by atoms with van der Waals surface area (Å²) in [5.74, 6) is -0.963. The third kappa shape index (κ3) is 2.29. The first kappa shape index (κ1) is 12.1. The Labute approximate surface area is 115 Å². The average Bonchev–Trinajstić information content (AvgIpc) is 2.98. The Morgan fingerprint density at radius 2 is 1.85 bits per heavy atom. The zero-order valence-corrected chi connectivity index (χ0v) is 10.5. The first-order valence-corrected chi connectivity index (χ1v) is 6.05.